The van der Waals surface area contributed by atoms with E-state index in [1.54, 1.807) is 18.3 Å². The number of nitrogens with zero attached hydrogens (tertiary/aromatic N) is 3. The van der Waals surface area contributed by atoms with Crippen molar-refractivity contribution in [1.29, 1.82) is 5.26 Å². The predicted octanol–water partition coefficient (Wildman–Crippen LogP) is 5.35. The highest BCUT2D eigenvalue weighted by Gasteiger charge is 2.13. The molecule has 1 aromatic carbocycles. The lowest BCUT2D eigenvalue weighted by atomic mass is 10.00. The molecule has 0 aliphatic heterocycles. The lowest BCUT2D eigenvalue weighted by Gasteiger charge is -2.11. The molecule has 0 aliphatic carbocycles. The summed E-state index contributed by atoms with van der Waals surface area (Å²) in [6, 6.07) is 9.56. The summed E-state index contributed by atoms with van der Waals surface area (Å²) in [5.74, 6) is 0. The van der Waals surface area contributed by atoms with Crippen LogP contribution in [0, 0.1) is 18.3 Å². The molecular weight excluding hydrogens is 329 g/mol. The van der Waals surface area contributed by atoms with Crippen molar-refractivity contribution < 1.29 is 0 Å². The summed E-state index contributed by atoms with van der Waals surface area (Å²) < 4.78 is 0. The van der Waals surface area contributed by atoms with E-state index in [1.807, 2.05) is 19.1 Å². The van der Waals surface area contributed by atoms with Gasteiger partial charge in [0.1, 0.15) is 6.07 Å². The quantitative estimate of drug-likeness (QED) is 0.631. The van der Waals surface area contributed by atoms with Crippen LogP contribution in [-0.2, 0) is 6.42 Å². The van der Waals surface area contributed by atoms with Gasteiger partial charge in [-0.25, -0.2) is 9.97 Å². The molecule has 2 heterocycles. The lowest BCUT2D eigenvalue weighted by molar-refractivity contribution is 1.13. The molecule has 0 unspecified atom stereocenters. The van der Waals surface area contributed by atoms with Crippen LogP contribution in [-0.4, -0.2) is 9.97 Å². The Morgan fingerprint density at radius 2 is 1.96 bits per heavy atom. The van der Waals surface area contributed by atoms with E-state index in [4.69, 9.17) is 28.5 Å². The molecule has 0 aliphatic rings. The van der Waals surface area contributed by atoms with Gasteiger partial charge in [0.05, 0.1) is 21.6 Å². The minimum absolute atomic E-state index is 0.280. The predicted molar refractivity (Wildman–Crippen MR) is 93.8 cm³/mol. The fraction of sp³-hybridized carbons (Fsp3) is 0.167. The van der Waals surface area contributed by atoms with Crippen molar-refractivity contribution in [3.05, 3.63) is 57.3 Å². The standard InChI is InChI=1S/C18H13Cl2N3/c1-3-11-6-10(2)12(7-13(11)19)16-8-14(20)18-15(23-16)4-5-22-17(18)9-21/h4-8H,3H2,1-2H3. The second-order valence-electron chi connectivity index (χ2n) is 5.27. The highest BCUT2D eigenvalue weighted by molar-refractivity contribution is 6.36. The minimum atomic E-state index is 0.280. The van der Waals surface area contributed by atoms with Gasteiger partial charge in [0.25, 0.3) is 0 Å². The van der Waals surface area contributed by atoms with E-state index < -0.39 is 0 Å². The van der Waals surface area contributed by atoms with E-state index in [-0.39, 0.29) is 5.69 Å². The Hall–Kier alpha value is -2.15. The number of rotatable bonds is 2. The molecule has 0 N–H and O–H groups in total. The summed E-state index contributed by atoms with van der Waals surface area (Å²) in [5, 5.41) is 10.9. The Labute approximate surface area is 144 Å². The monoisotopic (exact) mass is 341 g/mol. The normalized spacial score (nSPS) is 10.7. The van der Waals surface area contributed by atoms with Crippen LogP contribution >= 0.6 is 23.2 Å². The van der Waals surface area contributed by atoms with E-state index in [9.17, 15) is 0 Å². The van der Waals surface area contributed by atoms with Gasteiger partial charge >= 0.3 is 0 Å². The van der Waals surface area contributed by atoms with Crippen molar-refractivity contribution in [2.75, 3.05) is 0 Å². The number of pyridine rings is 2. The molecule has 2 aromatic heterocycles. The van der Waals surface area contributed by atoms with Crippen LogP contribution in [0.3, 0.4) is 0 Å². The van der Waals surface area contributed by atoms with Gasteiger partial charge in [-0.3, -0.25) is 0 Å². The fourth-order valence-corrected chi connectivity index (χ4v) is 3.23. The maximum atomic E-state index is 9.17. The Morgan fingerprint density at radius 3 is 2.65 bits per heavy atom. The Balaban J connectivity index is 2.27. The maximum absolute atomic E-state index is 9.17. The molecule has 0 saturated heterocycles. The van der Waals surface area contributed by atoms with Gasteiger partial charge in [-0.1, -0.05) is 36.2 Å². The molecule has 0 fully saturated rings. The topological polar surface area (TPSA) is 49.6 Å². The van der Waals surface area contributed by atoms with Gasteiger partial charge in [0.15, 0.2) is 5.69 Å². The summed E-state index contributed by atoms with van der Waals surface area (Å²) in [7, 11) is 0. The summed E-state index contributed by atoms with van der Waals surface area (Å²) >= 11 is 12.7. The van der Waals surface area contributed by atoms with Crippen LogP contribution in [0.4, 0.5) is 0 Å². The van der Waals surface area contributed by atoms with Gasteiger partial charge in [0, 0.05) is 16.8 Å². The Kier molecular flexibility index (Phi) is 4.21. The van der Waals surface area contributed by atoms with Crippen LogP contribution in [0.25, 0.3) is 22.2 Å². The second-order valence-corrected chi connectivity index (χ2v) is 6.08. The van der Waals surface area contributed by atoms with Gasteiger partial charge in [-0.15, -0.1) is 0 Å². The number of nitriles is 1. The summed E-state index contributed by atoms with van der Waals surface area (Å²) in [4.78, 5) is 8.67. The largest absolute Gasteiger partial charge is 0.248 e. The van der Waals surface area contributed by atoms with E-state index in [1.165, 1.54) is 0 Å². The third-order valence-corrected chi connectivity index (χ3v) is 4.48. The third-order valence-electron chi connectivity index (χ3n) is 3.83. The molecule has 3 aromatic rings. The lowest BCUT2D eigenvalue weighted by Crippen LogP contribution is -1.94. The number of fused-ring (bicyclic) bond motifs is 1. The first-order chi connectivity index (χ1) is 11.0. The number of halogens is 2. The number of hydrogen-bond donors (Lipinski definition) is 0. The van der Waals surface area contributed by atoms with Crippen molar-refractivity contribution in [3.63, 3.8) is 0 Å². The van der Waals surface area contributed by atoms with Gasteiger partial charge in [0.2, 0.25) is 0 Å². The molecule has 3 nitrogen and oxygen atoms in total. The minimum Gasteiger partial charge on any atom is -0.248 e. The molecule has 114 valence electrons. The molecule has 0 saturated carbocycles. The van der Waals surface area contributed by atoms with Crippen LogP contribution in [0.2, 0.25) is 10.0 Å². The number of benzene rings is 1. The molecule has 0 bridgehead atoms. The zero-order valence-corrected chi connectivity index (χ0v) is 14.2. The number of hydrogen-bond acceptors (Lipinski definition) is 3. The highest BCUT2D eigenvalue weighted by Crippen LogP contribution is 2.33. The van der Waals surface area contributed by atoms with Gasteiger partial charge in [-0.05, 0) is 42.7 Å². The number of aromatic nitrogens is 2. The van der Waals surface area contributed by atoms with Crippen LogP contribution in [0.15, 0.2) is 30.5 Å². The SMILES string of the molecule is CCc1cc(C)c(-c2cc(Cl)c3c(C#N)nccc3n2)cc1Cl. The van der Waals surface area contributed by atoms with Gasteiger partial charge < -0.3 is 0 Å². The highest BCUT2D eigenvalue weighted by atomic mass is 35.5. The third kappa shape index (κ3) is 2.76. The molecule has 3 rings (SSSR count). The van der Waals surface area contributed by atoms with Crippen molar-refractivity contribution in [2.24, 2.45) is 0 Å². The van der Waals surface area contributed by atoms with Crippen molar-refractivity contribution in [2.45, 2.75) is 20.3 Å². The first-order valence-corrected chi connectivity index (χ1v) is 7.95. The van der Waals surface area contributed by atoms with E-state index in [0.717, 1.165) is 33.8 Å². The second kappa shape index (κ2) is 6.16. The van der Waals surface area contributed by atoms with Gasteiger partial charge in [-0.2, -0.15) is 5.26 Å². The Morgan fingerprint density at radius 1 is 1.17 bits per heavy atom. The first-order valence-electron chi connectivity index (χ1n) is 7.20. The average molecular weight is 342 g/mol. The van der Waals surface area contributed by atoms with E-state index in [2.05, 4.69) is 23.0 Å². The molecule has 0 radical (unpaired) electrons. The molecule has 23 heavy (non-hydrogen) atoms. The molecule has 0 spiro atoms. The molecule has 0 atom stereocenters. The maximum Gasteiger partial charge on any atom is 0.151 e. The zero-order valence-electron chi connectivity index (χ0n) is 12.7. The molecule has 5 heteroatoms. The molecular formula is C18H13Cl2N3. The summed E-state index contributed by atoms with van der Waals surface area (Å²) in [6.45, 7) is 4.10. The number of aryl methyl sites for hydroxylation is 2. The van der Waals surface area contributed by atoms with Crippen LogP contribution in [0.5, 0.6) is 0 Å². The van der Waals surface area contributed by atoms with Crippen LogP contribution < -0.4 is 0 Å². The van der Waals surface area contributed by atoms with E-state index in [0.29, 0.717) is 15.9 Å². The zero-order chi connectivity index (χ0) is 16.6. The first kappa shape index (κ1) is 15.7. The molecule has 0 amide bonds. The smallest absolute Gasteiger partial charge is 0.151 e. The Bertz CT molecular complexity index is 959. The van der Waals surface area contributed by atoms with E-state index >= 15 is 0 Å². The van der Waals surface area contributed by atoms with Crippen LogP contribution in [0.1, 0.15) is 23.7 Å². The van der Waals surface area contributed by atoms with Crippen molar-refractivity contribution in [3.8, 4) is 17.3 Å². The average Bonchev–Trinajstić information content (AvgIpc) is 2.55. The fourth-order valence-electron chi connectivity index (χ4n) is 2.65. The van der Waals surface area contributed by atoms with Crippen molar-refractivity contribution >= 4 is 34.1 Å². The summed E-state index contributed by atoms with van der Waals surface area (Å²) in [5.41, 5.74) is 4.79. The summed E-state index contributed by atoms with van der Waals surface area (Å²) in [6.07, 6.45) is 2.44. The van der Waals surface area contributed by atoms with Crippen molar-refractivity contribution in [1.82, 2.24) is 9.97 Å².